The van der Waals surface area contributed by atoms with Crippen molar-refractivity contribution in [3.63, 3.8) is 0 Å². The molecular formula is C87H150N10O32. The average Bonchev–Trinajstić information content (AvgIpc) is 0.920. The van der Waals surface area contributed by atoms with Crippen molar-refractivity contribution in [3.8, 4) is 0 Å². The van der Waals surface area contributed by atoms with Crippen LogP contribution >= 0.6 is 0 Å². The number of carboxylic acid groups (broad SMARTS) is 6. The quantitative estimate of drug-likeness (QED) is 0.0220. The second-order valence-corrected chi connectivity index (χ2v) is 31.1. The normalized spacial score (nSPS) is 12.6. The van der Waals surface area contributed by atoms with Gasteiger partial charge in [-0.15, -0.1) is 0 Å². The molecule has 9 amide bonds. The van der Waals surface area contributed by atoms with Gasteiger partial charge in [-0.25, -0.2) is 28.8 Å². The molecule has 0 aliphatic heterocycles. The molecule has 0 fully saturated rings. The van der Waals surface area contributed by atoms with Gasteiger partial charge < -0.3 is 112 Å². The summed E-state index contributed by atoms with van der Waals surface area (Å²) in [5.41, 5.74) is 0. The van der Waals surface area contributed by atoms with Gasteiger partial charge in [0.05, 0.1) is 51.2 Å². The number of rotatable bonds is 85. The number of ether oxygens (including phenoxy) is 6. The van der Waals surface area contributed by atoms with E-state index >= 15 is 0 Å². The predicted octanol–water partition coefficient (Wildman–Crippen LogP) is 6.80. The minimum absolute atomic E-state index is 0.00816. The molecule has 0 spiro atoms. The molecule has 16 N–H and O–H groups in total. The Hall–Kier alpha value is -10.2. The fourth-order valence-corrected chi connectivity index (χ4v) is 12.3. The lowest BCUT2D eigenvalue weighted by Gasteiger charge is -2.19. The first-order valence-electron chi connectivity index (χ1n) is 45.1. The van der Waals surface area contributed by atoms with Crippen molar-refractivity contribution >= 4 is 119 Å². The molecular weight excluding hydrogens is 1700 g/mol. The van der Waals surface area contributed by atoms with Gasteiger partial charge in [0.2, 0.25) is 17.7 Å². The van der Waals surface area contributed by atoms with E-state index in [4.69, 9.17) is 43.7 Å². The van der Waals surface area contributed by atoms with Gasteiger partial charge in [0.15, 0.2) is 23.1 Å². The molecule has 0 bridgehead atoms. The van der Waals surface area contributed by atoms with Crippen LogP contribution in [0.3, 0.4) is 0 Å². The third-order valence-corrected chi connectivity index (χ3v) is 19.7. The zero-order valence-electron chi connectivity index (χ0n) is 76.5. The predicted molar refractivity (Wildman–Crippen MR) is 469 cm³/mol. The molecule has 42 nitrogen and oxygen atoms in total. The van der Waals surface area contributed by atoms with E-state index < -0.39 is 114 Å². The lowest BCUT2D eigenvalue weighted by molar-refractivity contribution is -0.140. The summed E-state index contributed by atoms with van der Waals surface area (Å²) >= 11 is 0. The van der Waals surface area contributed by atoms with Crippen LogP contribution in [0.2, 0.25) is 0 Å². The molecule has 0 aromatic heterocycles. The van der Waals surface area contributed by atoms with Gasteiger partial charge in [0.25, 0.3) is 12.9 Å². The first kappa shape index (κ1) is 123. The summed E-state index contributed by atoms with van der Waals surface area (Å²) in [5.74, 6) is -8.84. The summed E-state index contributed by atoms with van der Waals surface area (Å²) in [6, 6.07) is -9.34. The maximum Gasteiger partial charge on any atom is 0.326 e. The summed E-state index contributed by atoms with van der Waals surface area (Å²) in [5, 5.41) is 79.4. The molecule has 0 radical (unpaired) electrons. The first-order valence-corrected chi connectivity index (χ1v) is 45.1. The van der Waals surface area contributed by atoms with Gasteiger partial charge in [-0.1, -0.05) is 71.6 Å². The SMILES string of the molecule is CCCCCCC(CC(=O)CCCCCCC(=O)NCCCC[C@H](NC(=O)N[C@@H](CCC(=O)O)C(C)=O)C(=O)O)OC=O.CCCCOCCOCC(=O)NCCCC[C@H](NC(=O)N[C@@H](CCC(=O)O)C(C)=O)C(=O)O.CNCCOCCOCC(=O)CCCCCC(CC(=O)CCCCCCC(=O)NCCCC[C@H](NC(=O)N[C@@H](CCC(=O)O)C(C)=O)C(=O)O)OC=O. The highest BCUT2D eigenvalue weighted by Gasteiger charge is 2.28. The van der Waals surface area contributed by atoms with Gasteiger partial charge >= 0.3 is 53.9 Å². The number of amides is 9. The van der Waals surface area contributed by atoms with Crippen LogP contribution in [0.5, 0.6) is 0 Å². The van der Waals surface area contributed by atoms with Crippen LogP contribution in [-0.4, -0.2) is 284 Å². The molecule has 0 heterocycles. The highest BCUT2D eigenvalue weighted by molar-refractivity contribution is 5.91. The number of hydrogen-bond acceptors (Lipinski definition) is 27. The van der Waals surface area contributed by atoms with Gasteiger partial charge in [0.1, 0.15) is 55.1 Å². The van der Waals surface area contributed by atoms with Crippen molar-refractivity contribution in [2.24, 2.45) is 0 Å². The number of likely N-dealkylation sites (N-methyl/N-ethyl adjacent to an activating group) is 1. The molecule has 0 aromatic carbocycles. The van der Waals surface area contributed by atoms with E-state index in [1.54, 1.807) is 0 Å². The van der Waals surface area contributed by atoms with E-state index in [2.05, 4.69) is 67.0 Å². The minimum Gasteiger partial charge on any atom is -0.481 e. The molecule has 129 heavy (non-hydrogen) atoms. The molecule has 0 saturated heterocycles. The van der Waals surface area contributed by atoms with Crippen LogP contribution in [0.4, 0.5) is 14.4 Å². The number of unbranched alkanes of at least 4 members (excludes halogenated alkanes) is 15. The molecule has 0 aromatic rings. The maximum atomic E-state index is 12.4. The summed E-state index contributed by atoms with van der Waals surface area (Å²) in [6.07, 6.45) is 18.7. The molecule has 2 unspecified atom stereocenters. The van der Waals surface area contributed by atoms with E-state index in [0.29, 0.717) is 181 Å². The zero-order valence-corrected chi connectivity index (χ0v) is 76.5. The second kappa shape index (κ2) is 83.4. The Kier molecular flexibility index (Phi) is 79.5. The van der Waals surface area contributed by atoms with Crippen molar-refractivity contribution in [1.29, 1.82) is 0 Å². The van der Waals surface area contributed by atoms with Gasteiger partial charge in [0, 0.05) is 97.0 Å². The van der Waals surface area contributed by atoms with Crippen LogP contribution in [0.1, 0.15) is 298 Å². The van der Waals surface area contributed by atoms with E-state index in [9.17, 15) is 111 Å². The van der Waals surface area contributed by atoms with Gasteiger partial charge in [-0.2, -0.15) is 0 Å². The topological polar surface area (TPSA) is 638 Å². The Morgan fingerprint density at radius 3 is 0.922 bits per heavy atom. The summed E-state index contributed by atoms with van der Waals surface area (Å²) < 4.78 is 31.3. The third-order valence-electron chi connectivity index (χ3n) is 19.7. The lowest BCUT2D eigenvalue weighted by Crippen LogP contribution is -2.50. The Morgan fingerprint density at radius 2 is 0.589 bits per heavy atom. The van der Waals surface area contributed by atoms with Crippen molar-refractivity contribution in [1.82, 2.24) is 53.2 Å². The van der Waals surface area contributed by atoms with E-state index in [0.717, 1.165) is 90.0 Å². The molecule has 0 rings (SSSR count). The van der Waals surface area contributed by atoms with Crippen LogP contribution < -0.4 is 53.2 Å². The molecule has 740 valence electrons. The summed E-state index contributed by atoms with van der Waals surface area (Å²) in [4.78, 5) is 232. The number of carbonyl (C=O) groups is 20. The molecule has 42 heteroatoms. The van der Waals surface area contributed by atoms with Crippen LogP contribution in [-0.2, 0) is 110 Å². The smallest absolute Gasteiger partial charge is 0.326 e. The van der Waals surface area contributed by atoms with E-state index in [1.807, 2.05) is 7.05 Å². The number of carboxylic acids is 6. The van der Waals surface area contributed by atoms with Crippen molar-refractivity contribution in [2.75, 3.05) is 86.1 Å². The Labute approximate surface area is 756 Å². The molecule has 0 saturated carbocycles. The fraction of sp³-hybridized carbons (Fsp3) is 0.770. The van der Waals surface area contributed by atoms with Gasteiger partial charge in [-0.05, 0) is 169 Å². The average molecular weight is 1850 g/mol. The third kappa shape index (κ3) is 79.7. The van der Waals surface area contributed by atoms with E-state index in [1.165, 1.54) is 20.8 Å². The maximum absolute atomic E-state index is 12.4. The number of ketones is 6. The second-order valence-electron chi connectivity index (χ2n) is 31.1. The number of Topliss-reactive ketones (excluding diaryl/α,β-unsaturated/α-hetero) is 6. The number of carbonyl (C=O) groups excluding carboxylic acids is 14. The number of aliphatic carboxylic acids is 6. The molecule has 0 aliphatic rings. The lowest BCUT2D eigenvalue weighted by atomic mass is 10.0. The molecule has 8 atom stereocenters. The number of nitrogens with one attached hydrogen (secondary N) is 10. The van der Waals surface area contributed by atoms with Crippen molar-refractivity contribution < 1.29 is 155 Å². The molecule has 0 aliphatic carbocycles. The highest BCUT2D eigenvalue weighted by atomic mass is 16.5. The standard InChI is InChI=1S/C36H62N4O13.C30H51N3O10.C21H37N3O9/c1-27(42)31(17-18-34(46)47)39-36(50)40-32(35(48)49)15-10-11-19-38-33(45)16-9-4-3-6-12-28(43)24-30(53-26-41)14-8-5-7-13-29(44)25-52-23-22-51-21-20-37-2;1-3-4-5-9-14-24(43-21-34)20-23(36)13-8-6-7-10-16-27(37)31-19-12-11-15-26(29(40)41)33-30(42)32-25(22(2)35)17-18-28(38)39;1-3-4-11-32-12-13-33-14-18(26)22-10-6-5-7-17(20(29)30)24-21(31)23-16(15(2)25)8-9-19(27)28/h26,30-32,37H,3-25H2,1-2H3,(H,38,45)(H,46,47)(H,48,49)(H2,39,40,50);21,24-26H,3-20H2,1-2H3,(H,31,37)(H,38,39)(H,40,41)(H2,32,33,42);16-17H,3-14H2,1-2H3,(H,22,26)(H,27,28)(H,29,30)(H2,23,24,31)/t30?,31-,32-;24?,25-,26-;16-,17-/m000/s1. The van der Waals surface area contributed by atoms with Crippen molar-refractivity contribution in [2.45, 2.75) is 346 Å². The van der Waals surface area contributed by atoms with Crippen LogP contribution in [0, 0.1) is 0 Å². The fourth-order valence-electron chi connectivity index (χ4n) is 12.3. The van der Waals surface area contributed by atoms with Crippen LogP contribution in [0.15, 0.2) is 0 Å². The van der Waals surface area contributed by atoms with E-state index in [-0.39, 0.29) is 125 Å². The minimum atomic E-state index is -1.26. The number of hydrogen-bond donors (Lipinski definition) is 16. The Bertz CT molecular complexity index is 3260. The largest absolute Gasteiger partial charge is 0.481 e. The highest BCUT2D eigenvalue weighted by Crippen LogP contribution is 2.18. The summed E-state index contributed by atoms with van der Waals surface area (Å²) in [6.45, 7) is 13.1. The van der Waals surface area contributed by atoms with Crippen molar-refractivity contribution in [3.05, 3.63) is 0 Å². The van der Waals surface area contributed by atoms with Gasteiger partial charge in [-0.3, -0.25) is 67.1 Å². The Morgan fingerprint density at radius 1 is 0.287 bits per heavy atom. The summed E-state index contributed by atoms with van der Waals surface area (Å²) in [7, 11) is 1.84. The number of urea groups is 3. The Balaban J connectivity index is -0.00000190. The zero-order chi connectivity index (χ0) is 97.2. The monoisotopic (exact) mass is 1850 g/mol. The van der Waals surface area contributed by atoms with Crippen LogP contribution in [0.25, 0.3) is 0 Å². The first-order chi connectivity index (χ1) is 61.5.